The molecule has 1 unspecified atom stereocenters. The lowest BCUT2D eigenvalue weighted by molar-refractivity contribution is 0.0654. The molecule has 5 nitrogen and oxygen atoms in total. The zero-order valence-electron chi connectivity index (χ0n) is 11.0. The molecule has 1 heterocycles. The summed E-state index contributed by atoms with van der Waals surface area (Å²) in [5.41, 5.74) is 13.0. The van der Waals surface area contributed by atoms with Gasteiger partial charge in [0.2, 0.25) is 0 Å². The Balaban J connectivity index is 2.10. The quantitative estimate of drug-likeness (QED) is 0.712. The van der Waals surface area contributed by atoms with Crippen molar-refractivity contribution in [3.8, 4) is 0 Å². The van der Waals surface area contributed by atoms with Gasteiger partial charge in [-0.05, 0) is 43.4 Å². The fourth-order valence-corrected chi connectivity index (χ4v) is 2.61. The summed E-state index contributed by atoms with van der Waals surface area (Å²) in [7, 11) is 0. The summed E-state index contributed by atoms with van der Waals surface area (Å²) in [5.74, 6) is 0.345. The van der Waals surface area contributed by atoms with Gasteiger partial charge in [-0.3, -0.25) is 4.79 Å². The lowest BCUT2D eigenvalue weighted by Gasteiger charge is -2.32. The molecule has 1 aromatic rings. The van der Waals surface area contributed by atoms with Crippen molar-refractivity contribution in [1.29, 1.82) is 0 Å². The smallest absolute Gasteiger partial charge is 0.255 e. The van der Waals surface area contributed by atoms with Crippen molar-refractivity contribution in [2.24, 2.45) is 5.92 Å². The van der Waals surface area contributed by atoms with Gasteiger partial charge in [0.1, 0.15) is 0 Å². The number of piperidine rings is 1. The van der Waals surface area contributed by atoms with Crippen molar-refractivity contribution in [2.45, 2.75) is 19.3 Å². The molecule has 0 radical (unpaired) electrons. The lowest BCUT2D eigenvalue weighted by Crippen LogP contribution is -2.40. The highest BCUT2D eigenvalue weighted by Gasteiger charge is 2.25. The summed E-state index contributed by atoms with van der Waals surface area (Å²) < 4.78 is 0. The van der Waals surface area contributed by atoms with Crippen molar-refractivity contribution in [2.75, 3.05) is 31.2 Å². The molecule has 1 aliphatic rings. The van der Waals surface area contributed by atoms with E-state index < -0.39 is 0 Å². The van der Waals surface area contributed by atoms with Crippen LogP contribution in [0.5, 0.6) is 0 Å². The third-order valence-corrected chi connectivity index (χ3v) is 3.65. The molecule has 1 saturated heterocycles. The normalized spacial score (nSPS) is 19.4. The molecular formula is C14H21N3O2. The van der Waals surface area contributed by atoms with Gasteiger partial charge < -0.3 is 21.5 Å². The van der Waals surface area contributed by atoms with Crippen LogP contribution in [0.25, 0.3) is 0 Å². The highest BCUT2D eigenvalue weighted by Crippen LogP contribution is 2.23. The van der Waals surface area contributed by atoms with E-state index >= 15 is 0 Å². The van der Waals surface area contributed by atoms with E-state index in [1.54, 1.807) is 18.2 Å². The number of likely N-dealkylation sites (tertiary alicyclic amines) is 1. The number of carbonyl (C=O) groups excluding carboxylic acids is 1. The Morgan fingerprint density at radius 1 is 1.42 bits per heavy atom. The first-order valence-electron chi connectivity index (χ1n) is 6.67. The van der Waals surface area contributed by atoms with Crippen LogP contribution in [0.1, 0.15) is 29.6 Å². The van der Waals surface area contributed by atoms with Crippen molar-refractivity contribution in [3.63, 3.8) is 0 Å². The molecule has 19 heavy (non-hydrogen) atoms. The number of carbonyl (C=O) groups is 1. The number of nitrogens with zero attached hydrogens (tertiary/aromatic N) is 1. The van der Waals surface area contributed by atoms with Gasteiger partial charge in [0.25, 0.3) is 5.91 Å². The highest BCUT2D eigenvalue weighted by atomic mass is 16.3. The third kappa shape index (κ3) is 3.17. The second kappa shape index (κ2) is 5.93. The Kier molecular flexibility index (Phi) is 4.27. The first-order chi connectivity index (χ1) is 9.11. The summed E-state index contributed by atoms with van der Waals surface area (Å²) in [4.78, 5) is 14.2. The van der Waals surface area contributed by atoms with Crippen molar-refractivity contribution < 1.29 is 9.90 Å². The monoisotopic (exact) mass is 263 g/mol. The Bertz CT molecular complexity index is 460. The van der Waals surface area contributed by atoms with Crippen LogP contribution >= 0.6 is 0 Å². The van der Waals surface area contributed by atoms with Crippen LogP contribution in [0.3, 0.4) is 0 Å². The molecule has 1 aliphatic heterocycles. The number of rotatable bonds is 3. The molecule has 2 rings (SSSR count). The van der Waals surface area contributed by atoms with Crippen LogP contribution in [-0.2, 0) is 0 Å². The van der Waals surface area contributed by atoms with Gasteiger partial charge in [-0.2, -0.15) is 0 Å². The number of benzene rings is 1. The molecule has 1 atom stereocenters. The van der Waals surface area contributed by atoms with Crippen LogP contribution in [0, 0.1) is 5.92 Å². The van der Waals surface area contributed by atoms with Crippen LogP contribution in [-0.4, -0.2) is 35.6 Å². The summed E-state index contributed by atoms with van der Waals surface area (Å²) in [6, 6.07) is 4.99. The molecule has 0 bridgehead atoms. The zero-order chi connectivity index (χ0) is 13.8. The summed E-state index contributed by atoms with van der Waals surface area (Å²) in [6.07, 6.45) is 2.80. The van der Waals surface area contributed by atoms with Crippen LogP contribution in [0.15, 0.2) is 18.2 Å². The Morgan fingerprint density at radius 3 is 2.89 bits per heavy atom. The summed E-state index contributed by atoms with van der Waals surface area (Å²) in [5, 5.41) is 9.00. The first-order valence-corrected chi connectivity index (χ1v) is 6.67. The number of hydrogen-bond acceptors (Lipinski definition) is 4. The summed E-state index contributed by atoms with van der Waals surface area (Å²) in [6.45, 7) is 1.63. The fraction of sp³-hybridized carbons (Fsp3) is 0.500. The number of anilines is 2. The lowest BCUT2D eigenvalue weighted by atomic mass is 9.94. The average Bonchev–Trinajstić information content (AvgIpc) is 2.39. The van der Waals surface area contributed by atoms with E-state index in [1.807, 2.05) is 4.90 Å². The maximum atomic E-state index is 12.4. The van der Waals surface area contributed by atoms with Crippen LogP contribution in [0.4, 0.5) is 11.4 Å². The summed E-state index contributed by atoms with van der Waals surface area (Å²) >= 11 is 0. The molecule has 1 fully saturated rings. The van der Waals surface area contributed by atoms with Gasteiger partial charge in [0, 0.05) is 31.1 Å². The number of aliphatic hydroxyl groups is 1. The average molecular weight is 263 g/mol. The number of nitrogens with two attached hydrogens (primary N) is 2. The molecule has 5 heteroatoms. The maximum Gasteiger partial charge on any atom is 0.255 e. The predicted molar refractivity (Wildman–Crippen MR) is 75.6 cm³/mol. The molecule has 0 aromatic heterocycles. The first kappa shape index (κ1) is 13.7. The Hall–Kier alpha value is -1.75. The van der Waals surface area contributed by atoms with Gasteiger partial charge in [-0.1, -0.05) is 0 Å². The minimum atomic E-state index is -0.0415. The molecule has 0 aliphatic carbocycles. The molecular weight excluding hydrogens is 242 g/mol. The van der Waals surface area contributed by atoms with E-state index in [9.17, 15) is 4.79 Å². The van der Waals surface area contributed by atoms with Gasteiger partial charge in [-0.25, -0.2) is 0 Å². The number of aliphatic hydroxyl groups excluding tert-OH is 1. The van der Waals surface area contributed by atoms with E-state index in [4.69, 9.17) is 16.6 Å². The van der Waals surface area contributed by atoms with Crippen molar-refractivity contribution in [3.05, 3.63) is 23.8 Å². The Labute approximate surface area is 113 Å². The molecule has 5 N–H and O–H groups in total. The van der Waals surface area contributed by atoms with Gasteiger partial charge in [0.05, 0.1) is 5.56 Å². The Morgan fingerprint density at radius 2 is 2.21 bits per heavy atom. The van der Waals surface area contributed by atoms with Crippen molar-refractivity contribution in [1.82, 2.24) is 4.90 Å². The van der Waals surface area contributed by atoms with E-state index in [0.717, 1.165) is 25.8 Å². The molecule has 104 valence electrons. The standard InChI is InChI=1S/C14H21N3O2/c15-11-3-4-12(13(16)8-11)14(19)17-6-1-2-10(9-17)5-7-18/h3-4,8,10,18H,1-2,5-7,9,15-16H2. The highest BCUT2D eigenvalue weighted by molar-refractivity contribution is 5.99. The fourth-order valence-electron chi connectivity index (χ4n) is 2.61. The maximum absolute atomic E-state index is 12.4. The second-order valence-corrected chi connectivity index (χ2v) is 5.12. The van der Waals surface area contributed by atoms with Gasteiger partial charge >= 0.3 is 0 Å². The number of nitrogen functional groups attached to an aromatic ring is 2. The number of amides is 1. The van der Waals surface area contributed by atoms with Crippen molar-refractivity contribution >= 4 is 17.3 Å². The largest absolute Gasteiger partial charge is 0.399 e. The second-order valence-electron chi connectivity index (χ2n) is 5.12. The van der Waals surface area contributed by atoms with E-state index in [2.05, 4.69) is 0 Å². The van der Waals surface area contributed by atoms with E-state index in [1.165, 1.54) is 0 Å². The SMILES string of the molecule is Nc1ccc(C(=O)N2CCCC(CCO)C2)c(N)c1. The predicted octanol–water partition coefficient (Wildman–Crippen LogP) is 1.09. The third-order valence-electron chi connectivity index (χ3n) is 3.65. The zero-order valence-corrected chi connectivity index (χ0v) is 11.0. The molecule has 1 amide bonds. The minimum Gasteiger partial charge on any atom is -0.399 e. The minimum absolute atomic E-state index is 0.0415. The molecule has 1 aromatic carbocycles. The topological polar surface area (TPSA) is 92.6 Å². The number of hydrogen-bond donors (Lipinski definition) is 3. The van der Waals surface area contributed by atoms with E-state index in [-0.39, 0.29) is 12.5 Å². The van der Waals surface area contributed by atoms with Gasteiger partial charge in [0.15, 0.2) is 0 Å². The molecule has 0 spiro atoms. The van der Waals surface area contributed by atoms with Gasteiger partial charge in [-0.15, -0.1) is 0 Å². The molecule has 0 saturated carbocycles. The van der Waals surface area contributed by atoms with Crippen LogP contribution < -0.4 is 11.5 Å². The van der Waals surface area contributed by atoms with E-state index in [0.29, 0.717) is 29.4 Å². The van der Waals surface area contributed by atoms with Crippen LogP contribution in [0.2, 0.25) is 0 Å².